The third-order valence-corrected chi connectivity index (χ3v) is 3.62. The Morgan fingerprint density at radius 3 is 2.55 bits per heavy atom. The number of aryl methyl sites for hydroxylation is 2. The highest BCUT2D eigenvalue weighted by molar-refractivity contribution is 5.99. The Morgan fingerprint density at radius 2 is 1.91 bits per heavy atom. The van der Waals surface area contributed by atoms with Gasteiger partial charge in [0.2, 0.25) is 0 Å². The number of carbonyl (C=O) groups excluding carboxylic acids is 2. The van der Waals surface area contributed by atoms with Crippen LogP contribution in [0.15, 0.2) is 29.0 Å². The third-order valence-electron chi connectivity index (χ3n) is 3.62. The molecule has 0 radical (unpaired) electrons. The minimum absolute atomic E-state index is 0.208. The minimum atomic E-state index is -0.329. The summed E-state index contributed by atoms with van der Waals surface area (Å²) in [6.45, 7) is 4.54. The first-order chi connectivity index (χ1) is 10.6. The summed E-state index contributed by atoms with van der Waals surface area (Å²) in [6, 6.07) is 3.34. The molecule has 1 aliphatic heterocycles. The van der Waals surface area contributed by atoms with Gasteiger partial charge in [-0.05, 0) is 31.9 Å². The quantitative estimate of drug-likeness (QED) is 0.841. The van der Waals surface area contributed by atoms with E-state index in [1.165, 1.54) is 16.2 Å². The number of amides is 2. The van der Waals surface area contributed by atoms with E-state index in [4.69, 9.17) is 4.52 Å². The first-order valence-electron chi connectivity index (χ1n) is 7.05. The number of aromatic nitrogens is 2. The van der Waals surface area contributed by atoms with Gasteiger partial charge in [0.15, 0.2) is 5.69 Å². The highest BCUT2D eigenvalue weighted by Crippen LogP contribution is 2.19. The number of hydrogen-bond donors (Lipinski definition) is 0. The van der Waals surface area contributed by atoms with Gasteiger partial charge in [0, 0.05) is 31.5 Å². The van der Waals surface area contributed by atoms with Gasteiger partial charge < -0.3 is 4.52 Å². The molecule has 0 atom stereocenters. The van der Waals surface area contributed by atoms with Crippen molar-refractivity contribution in [2.45, 2.75) is 20.3 Å². The molecule has 7 nitrogen and oxygen atoms in total. The van der Waals surface area contributed by atoms with Crippen LogP contribution in [0.5, 0.6) is 0 Å². The summed E-state index contributed by atoms with van der Waals surface area (Å²) in [7, 11) is 0. The predicted molar refractivity (Wildman–Crippen MR) is 76.9 cm³/mol. The molecule has 22 heavy (non-hydrogen) atoms. The van der Waals surface area contributed by atoms with Gasteiger partial charge in [-0.25, -0.2) is 10.0 Å². The van der Waals surface area contributed by atoms with Crippen molar-refractivity contribution in [2.75, 3.05) is 13.1 Å². The monoisotopic (exact) mass is 300 g/mol. The molecular weight excluding hydrogens is 284 g/mol. The van der Waals surface area contributed by atoms with E-state index >= 15 is 0 Å². The van der Waals surface area contributed by atoms with Crippen molar-refractivity contribution in [1.82, 2.24) is 20.2 Å². The van der Waals surface area contributed by atoms with Crippen LogP contribution in [-0.2, 0) is 0 Å². The number of nitrogens with zero attached hydrogens (tertiary/aromatic N) is 4. The summed E-state index contributed by atoms with van der Waals surface area (Å²) in [4.78, 5) is 29.1. The molecule has 2 amide bonds. The molecule has 0 aromatic carbocycles. The number of rotatable bonds is 2. The van der Waals surface area contributed by atoms with E-state index in [0.717, 1.165) is 12.0 Å². The molecule has 0 bridgehead atoms. The first-order valence-corrected chi connectivity index (χ1v) is 7.05. The molecule has 114 valence electrons. The van der Waals surface area contributed by atoms with Crippen LogP contribution in [0.25, 0.3) is 0 Å². The predicted octanol–water partition coefficient (Wildman–Crippen LogP) is 1.59. The summed E-state index contributed by atoms with van der Waals surface area (Å²) in [5.41, 5.74) is 1.54. The summed E-state index contributed by atoms with van der Waals surface area (Å²) in [5.74, 6) is 0.00411. The van der Waals surface area contributed by atoms with E-state index < -0.39 is 0 Å². The van der Waals surface area contributed by atoms with E-state index in [0.29, 0.717) is 24.4 Å². The standard InChI is InChI=1S/C15H16N4O3/c1-10-4-5-16-9-12(10)14(20)18-6-3-7-19(18)15(21)13-8-11(2)22-17-13/h4-5,8-9H,3,6-7H2,1-2H3. The molecule has 2 aromatic heterocycles. The van der Waals surface area contributed by atoms with Crippen molar-refractivity contribution in [3.8, 4) is 0 Å². The zero-order valence-electron chi connectivity index (χ0n) is 12.4. The molecule has 1 fully saturated rings. The van der Waals surface area contributed by atoms with Crippen molar-refractivity contribution < 1.29 is 14.1 Å². The molecule has 0 unspecified atom stereocenters. The second-order valence-electron chi connectivity index (χ2n) is 5.22. The van der Waals surface area contributed by atoms with Gasteiger partial charge in [-0.3, -0.25) is 14.6 Å². The fourth-order valence-electron chi connectivity index (χ4n) is 2.46. The lowest BCUT2D eigenvalue weighted by atomic mass is 10.1. The Morgan fingerprint density at radius 1 is 1.18 bits per heavy atom. The maximum atomic E-state index is 12.7. The van der Waals surface area contributed by atoms with Crippen LogP contribution in [-0.4, -0.2) is 45.1 Å². The van der Waals surface area contributed by atoms with E-state index in [1.54, 1.807) is 25.3 Å². The van der Waals surface area contributed by atoms with Gasteiger partial charge in [0.25, 0.3) is 11.8 Å². The van der Waals surface area contributed by atoms with Crippen LogP contribution in [0.4, 0.5) is 0 Å². The smallest absolute Gasteiger partial charge is 0.294 e. The fourth-order valence-corrected chi connectivity index (χ4v) is 2.46. The van der Waals surface area contributed by atoms with Crippen molar-refractivity contribution in [2.24, 2.45) is 0 Å². The Bertz CT molecular complexity index is 725. The second kappa shape index (κ2) is 5.59. The van der Waals surface area contributed by atoms with E-state index in [9.17, 15) is 9.59 Å². The molecule has 1 saturated heterocycles. The normalized spacial score (nSPS) is 14.5. The summed E-state index contributed by atoms with van der Waals surface area (Å²) < 4.78 is 4.93. The molecule has 1 aliphatic rings. The highest BCUT2D eigenvalue weighted by Gasteiger charge is 2.33. The Labute approximate surface area is 127 Å². The van der Waals surface area contributed by atoms with Crippen LogP contribution in [0.2, 0.25) is 0 Å². The van der Waals surface area contributed by atoms with E-state index in [-0.39, 0.29) is 17.5 Å². The maximum Gasteiger partial charge on any atom is 0.294 e. The van der Waals surface area contributed by atoms with Crippen molar-refractivity contribution in [3.05, 3.63) is 47.1 Å². The lowest BCUT2D eigenvalue weighted by Gasteiger charge is -2.27. The average molecular weight is 300 g/mol. The minimum Gasteiger partial charge on any atom is -0.361 e. The SMILES string of the molecule is Cc1cc(C(=O)N2CCCN2C(=O)c2cnccc2C)no1. The van der Waals surface area contributed by atoms with E-state index in [1.807, 2.05) is 6.92 Å². The lowest BCUT2D eigenvalue weighted by molar-refractivity contribution is 0.0179. The van der Waals surface area contributed by atoms with Crippen LogP contribution in [0, 0.1) is 13.8 Å². The lowest BCUT2D eigenvalue weighted by Crippen LogP contribution is -2.45. The molecule has 3 heterocycles. The third kappa shape index (κ3) is 2.45. The van der Waals surface area contributed by atoms with Gasteiger partial charge in [-0.2, -0.15) is 0 Å². The van der Waals surface area contributed by atoms with Crippen LogP contribution >= 0.6 is 0 Å². The van der Waals surface area contributed by atoms with Gasteiger partial charge in [-0.1, -0.05) is 5.16 Å². The summed E-state index contributed by atoms with van der Waals surface area (Å²) in [6.07, 6.45) is 3.89. The topological polar surface area (TPSA) is 79.5 Å². The Balaban J connectivity index is 1.86. The zero-order valence-corrected chi connectivity index (χ0v) is 12.4. The number of hydrazine groups is 1. The molecule has 7 heteroatoms. The molecule has 0 aliphatic carbocycles. The Kier molecular flexibility index (Phi) is 3.62. The molecular formula is C15H16N4O3. The maximum absolute atomic E-state index is 12.7. The summed E-state index contributed by atoms with van der Waals surface area (Å²) >= 11 is 0. The van der Waals surface area contributed by atoms with Crippen molar-refractivity contribution in [1.29, 1.82) is 0 Å². The number of hydrogen-bond acceptors (Lipinski definition) is 5. The number of pyridine rings is 1. The largest absolute Gasteiger partial charge is 0.361 e. The van der Waals surface area contributed by atoms with Gasteiger partial charge in [-0.15, -0.1) is 0 Å². The van der Waals surface area contributed by atoms with E-state index in [2.05, 4.69) is 10.1 Å². The van der Waals surface area contributed by atoms with Crippen LogP contribution < -0.4 is 0 Å². The first kappa shape index (κ1) is 14.2. The van der Waals surface area contributed by atoms with Gasteiger partial charge >= 0.3 is 0 Å². The van der Waals surface area contributed by atoms with Crippen LogP contribution in [0.3, 0.4) is 0 Å². The second-order valence-corrected chi connectivity index (χ2v) is 5.22. The fraction of sp³-hybridized carbons (Fsp3) is 0.333. The van der Waals surface area contributed by atoms with Gasteiger partial charge in [0.1, 0.15) is 5.76 Å². The van der Waals surface area contributed by atoms with Gasteiger partial charge in [0.05, 0.1) is 5.56 Å². The number of carbonyl (C=O) groups is 2. The van der Waals surface area contributed by atoms with Crippen molar-refractivity contribution >= 4 is 11.8 Å². The van der Waals surface area contributed by atoms with Crippen molar-refractivity contribution in [3.63, 3.8) is 0 Å². The Hall–Kier alpha value is -2.70. The molecule has 0 spiro atoms. The molecule has 0 saturated carbocycles. The summed E-state index contributed by atoms with van der Waals surface area (Å²) in [5, 5.41) is 6.61. The van der Waals surface area contributed by atoms with Crippen LogP contribution in [0.1, 0.15) is 38.6 Å². The average Bonchev–Trinajstić information content (AvgIpc) is 3.15. The molecule has 3 rings (SSSR count). The zero-order chi connectivity index (χ0) is 15.7. The highest BCUT2D eigenvalue weighted by atomic mass is 16.5. The molecule has 2 aromatic rings. The molecule has 0 N–H and O–H groups in total.